The lowest BCUT2D eigenvalue weighted by molar-refractivity contribution is 0.0203. The van der Waals surface area contributed by atoms with Crippen LogP contribution >= 0.6 is 0 Å². The standard InChI is InChI=1S/C20H26N6O5/c1-20(2,3)30-19(28)25-7-5-12(6-8-25)14-9-15(27)22-18-13(10-21-26(14)18)17-23-16(11-29-4)31-24-17/h9-10,12H,5-8,11H2,1-4H3,(H,22,27). The Balaban J connectivity index is 1.57. The number of likely N-dealkylation sites (tertiary alicyclic amines) is 1. The van der Waals surface area contributed by atoms with Crippen molar-refractivity contribution >= 4 is 11.7 Å². The van der Waals surface area contributed by atoms with Crippen LogP contribution in [0.25, 0.3) is 17.0 Å². The van der Waals surface area contributed by atoms with Crippen LogP contribution in [-0.2, 0) is 16.1 Å². The van der Waals surface area contributed by atoms with E-state index < -0.39 is 5.60 Å². The number of hydrogen-bond acceptors (Lipinski definition) is 8. The van der Waals surface area contributed by atoms with E-state index in [4.69, 9.17) is 14.0 Å². The van der Waals surface area contributed by atoms with Crippen molar-refractivity contribution in [3.05, 3.63) is 34.2 Å². The normalized spacial score (nSPS) is 15.5. The molecule has 1 saturated heterocycles. The number of H-pyrrole nitrogens is 1. The number of aromatic nitrogens is 5. The molecule has 0 unspecified atom stereocenters. The third-order valence-corrected chi connectivity index (χ3v) is 5.08. The van der Waals surface area contributed by atoms with Crippen LogP contribution in [0.1, 0.15) is 51.1 Å². The fraction of sp³-hybridized carbons (Fsp3) is 0.550. The van der Waals surface area contributed by atoms with Gasteiger partial charge in [0.25, 0.3) is 11.4 Å². The summed E-state index contributed by atoms with van der Waals surface area (Å²) >= 11 is 0. The van der Waals surface area contributed by atoms with E-state index in [2.05, 4.69) is 20.2 Å². The molecule has 4 rings (SSSR count). The fourth-order valence-corrected chi connectivity index (χ4v) is 3.70. The van der Waals surface area contributed by atoms with E-state index in [0.717, 1.165) is 5.69 Å². The summed E-state index contributed by atoms with van der Waals surface area (Å²) in [5, 5.41) is 8.42. The molecule has 0 aliphatic carbocycles. The van der Waals surface area contributed by atoms with Gasteiger partial charge in [0.2, 0.25) is 5.82 Å². The maximum Gasteiger partial charge on any atom is 0.410 e. The van der Waals surface area contributed by atoms with Gasteiger partial charge in [-0.2, -0.15) is 10.1 Å². The predicted molar refractivity (Wildman–Crippen MR) is 110 cm³/mol. The van der Waals surface area contributed by atoms with Crippen LogP contribution in [0, 0.1) is 0 Å². The van der Waals surface area contributed by atoms with E-state index in [-0.39, 0.29) is 24.2 Å². The lowest BCUT2D eigenvalue weighted by Crippen LogP contribution is -2.41. The van der Waals surface area contributed by atoms with Gasteiger partial charge in [-0.1, -0.05) is 5.16 Å². The molecular formula is C20H26N6O5. The first-order valence-electron chi connectivity index (χ1n) is 10.2. The van der Waals surface area contributed by atoms with Crippen molar-refractivity contribution in [2.45, 2.75) is 51.7 Å². The van der Waals surface area contributed by atoms with Crippen LogP contribution in [-0.4, -0.2) is 61.5 Å². The number of piperidine rings is 1. The maximum absolute atomic E-state index is 12.4. The van der Waals surface area contributed by atoms with Crippen LogP contribution in [0.2, 0.25) is 0 Å². The molecule has 1 fully saturated rings. The van der Waals surface area contributed by atoms with E-state index in [1.54, 1.807) is 21.7 Å². The van der Waals surface area contributed by atoms with Crippen molar-refractivity contribution < 1.29 is 18.8 Å². The molecule has 4 heterocycles. The maximum atomic E-state index is 12.4. The van der Waals surface area contributed by atoms with E-state index in [9.17, 15) is 9.59 Å². The van der Waals surface area contributed by atoms with Crippen molar-refractivity contribution in [2.24, 2.45) is 0 Å². The number of rotatable bonds is 4. The molecule has 0 bridgehead atoms. The van der Waals surface area contributed by atoms with Crippen molar-refractivity contribution in [3.8, 4) is 11.4 Å². The largest absolute Gasteiger partial charge is 0.444 e. The Morgan fingerprint density at radius 1 is 1.32 bits per heavy atom. The van der Waals surface area contributed by atoms with E-state index in [1.165, 1.54) is 7.11 Å². The van der Waals surface area contributed by atoms with Gasteiger partial charge in [-0.25, -0.2) is 9.31 Å². The predicted octanol–water partition coefficient (Wildman–Crippen LogP) is 2.33. The minimum atomic E-state index is -0.531. The summed E-state index contributed by atoms with van der Waals surface area (Å²) in [6, 6.07) is 1.56. The van der Waals surface area contributed by atoms with Crippen LogP contribution in [0.4, 0.5) is 4.79 Å². The summed E-state index contributed by atoms with van der Waals surface area (Å²) in [7, 11) is 1.54. The Kier molecular flexibility index (Phi) is 5.52. The Morgan fingerprint density at radius 3 is 2.74 bits per heavy atom. The van der Waals surface area contributed by atoms with Gasteiger partial charge in [-0.05, 0) is 33.6 Å². The molecule has 0 saturated carbocycles. The van der Waals surface area contributed by atoms with E-state index in [0.29, 0.717) is 48.9 Å². The fourth-order valence-electron chi connectivity index (χ4n) is 3.70. The summed E-state index contributed by atoms with van der Waals surface area (Å²) in [6.45, 7) is 6.84. The SMILES string of the molecule is COCc1nc(-c2cnn3c(C4CCN(C(=O)OC(C)(C)C)CC4)cc(=O)[nH]c23)no1. The molecule has 3 aromatic rings. The lowest BCUT2D eigenvalue weighted by Gasteiger charge is -2.33. The molecule has 1 aliphatic rings. The molecule has 1 amide bonds. The van der Waals surface area contributed by atoms with Gasteiger partial charge < -0.3 is 23.9 Å². The highest BCUT2D eigenvalue weighted by Gasteiger charge is 2.29. The van der Waals surface area contributed by atoms with Crippen molar-refractivity contribution in [2.75, 3.05) is 20.2 Å². The Hall–Kier alpha value is -3.21. The summed E-state index contributed by atoms with van der Waals surface area (Å²) in [5.41, 5.74) is 1.09. The van der Waals surface area contributed by atoms with Gasteiger partial charge >= 0.3 is 6.09 Å². The Morgan fingerprint density at radius 2 is 2.06 bits per heavy atom. The summed E-state index contributed by atoms with van der Waals surface area (Å²) in [4.78, 5) is 33.5. The summed E-state index contributed by atoms with van der Waals surface area (Å²) < 4.78 is 17.3. The number of carbonyl (C=O) groups excluding carboxylic acids is 1. The number of amides is 1. The van der Waals surface area contributed by atoms with Gasteiger partial charge in [0.15, 0.2) is 0 Å². The molecule has 1 N–H and O–H groups in total. The van der Waals surface area contributed by atoms with Gasteiger partial charge in [-0.15, -0.1) is 0 Å². The molecule has 0 radical (unpaired) electrons. The number of nitrogens with one attached hydrogen (secondary N) is 1. The number of nitrogens with zero attached hydrogens (tertiary/aromatic N) is 5. The number of methoxy groups -OCH3 is 1. The first-order chi connectivity index (χ1) is 14.7. The molecule has 31 heavy (non-hydrogen) atoms. The number of hydrogen-bond donors (Lipinski definition) is 1. The highest BCUT2D eigenvalue weighted by Crippen LogP contribution is 2.30. The number of carbonyl (C=O) groups is 1. The van der Waals surface area contributed by atoms with Crippen LogP contribution in [0.15, 0.2) is 21.6 Å². The first-order valence-corrected chi connectivity index (χ1v) is 10.2. The van der Waals surface area contributed by atoms with Crippen molar-refractivity contribution in [1.29, 1.82) is 0 Å². The smallest absolute Gasteiger partial charge is 0.410 e. The molecular weight excluding hydrogens is 404 g/mol. The molecule has 11 heteroatoms. The van der Waals surface area contributed by atoms with Crippen LogP contribution in [0.3, 0.4) is 0 Å². The molecule has 0 spiro atoms. The average molecular weight is 430 g/mol. The van der Waals surface area contributed by atoms with Gasteiger partial charge in [0.05, 0.1) is 17.5 Å². The highest BCUT2D eigenvalue weighted by atomic mass is 16.6. The molecule has 3 aromatic heterocycles. The average Bonchev–Trinajstić information content (AvgIpc) is 3.33. The molecule has 1 aliphatic heterocycles. The van der Waals surface area contributed by atoms with Crippen LogP contribution < -0.4 is 5.56 Å². The number of ether oxygens (including phenoxy) is 2. The second-order valence-electron chi connectivity index (χ2n) is 8.56. The van der Waals surface area contributed by atoms with E-state index >= 15 is 0 Å². The summed E-state index contributed by atoms with van der Waals surface area (Å²) in [6.07, 6.45) is 2.69. The molecule has 0 aromatic carbocycles. The van der Waals surface area contributed by atoms with Crippen molar-refractivity contribution in [1.82, 2.24) is 29.6 Å². The Bertz CT molecular complexity index is 1130. The first kappa shape index (κ1) is 21.0. The molecule has 166 valence electrons. The molecule has 0 atom stereocenters. The van der Waals surface area contributed by atoms with Crippen LogP contribution in [0.5, 0.6) is 0 Å². The van der Waals surface area contributed by atoms with Gasteiger partial charge in [0.1, 0.15) is 17.9 Å². The lowest BCUT2D eigenvalue weighted by atomic mass is 9.93. The van der Waals surface area contributed by atoms with Gasteiger partial charge in [-0.3, -0.25) is 4.79 Å². The minimum absolute atomic E-state index is 0.0746. The third-order valence-electron chi connectivity index (χ3n) is 5.08. The zero-order valence-corrected chi connectivity index (χ0v) is 18.0. The van der Waals surface area contributed by atoms with E-state index in [1.807, 2.05) is 20.8 Å². The van der Waals surface area contributed by atoms with Gasteiger partial charge in [0, 0.05) is 32.2 Å². The summed E-state index contributed by atoms with van der Waals surface area (Å²) in [5.74, 6) is 0.741. The third kappa shape index (κ3) is 4.46. The monoisotopic (exact) mass is 430 g/mol. The second kappa shape index (κ2) is 8.14. The quantitative estimate of drug-likeness (QED) is 0.668. The minimum Gasteiger partial charge on any atom is -0.444 e. The zero-order chi connectivity index (χ0) is 22.2. The van der Waals surface area contributed by atoms with Crippen molar-refractivity contribution in [3.63, 3.8) is 0 Å². The Labute approximate surface area is 178 Å². The number of aromatic amines is 1. The second-order valence-corrected chi connectivity index (χ2v) is 8.56. The highest BCUT2D eigenvalue weighted by molar-refractivity contribution is 5.72. The zero-order valence-electron chi connectivity index (χ0n) is 18.0. The topological polar surface area (TPSA) is 128 Å². The molecule has 11 nitrogen and oxygen atoms in total. The number of fused-ring (bicyclic) bond motifs is 1.